The first-order valence-corrected chi connectivity index (χ1v) is 6.74. The van der Waals surface area contributed by atoms with E-state index in [1.807, 2.05) is 6.92 Å². The predicted octanol–water partition coefficient (Wildman–Crippen LogP) is 0.909. The molecule has 1 aliphatic rings. The molecule has 0 radical (unpaired) electrons. The topological polar surface area (TPSA) is 63.0 Å². The summed E-state index contributed by atoms with van der Waals surface area (Å²) < 4.78 is 9.85. The molecular weight excluding hydrogens is 260 g/mol. The lowest BCUT2D eigenvalue weighted by atomic mass is 10.2. The van der Waals surface area contributed by atoms with Gasteiger partial charge in [0.05, 0.1) is 19.8 Å². The molecule has 1 fully saturated rings. The summed E-state index contributed by atoms with van der Waals surface area (Å²) in [7, 11) is 1.39. The van der Waals surface area contributed by atoms with Crippen LogP contribution in [-0.2, 0) is 9.53 Å². The molecule has 0 aromatic carbocycles. The van der Waals surface area contributed by atoms with Gasteiger partial charge in [-0.2, -0.15) is 0 Å². The van der Waals surface area contributed by atoms with Gasteiger partial charge in [-0.15, -0.1) is 0 Å². The van der Waals surface area contributed by atoms with Crippen LogP contribution in [0.3, 0.4) is 0 Å². The van der Waals surface area contributed by atoms with Crippen molar-refractivity contribution in [3.8, 4) is 0 Å². The Balaban J connectivity index is 1.81. The molecule has 1 aromatic heterocycles. The van der Waals surface area contributed by atoms with Gasteiger partial charge in [-0.3, -0.25) is 14.5 Å². The Labute approximate surface area is 118 Å². The second kappa shape index (κ2) is 6.56. The number of nitrogens with zero attached hydrogens (tertiary/aromatic N) is 2. The van der Waals surface area contributed by atoms with Crippen LogP contribution in [0.1, 0.15) is 22.5 Å². The standard InChI is InChI=1S/C14H20N2O4/c1-11-4-10-20-13(11)14(18)16-8-6-15(7-9-16)5-3-12(17)19-2/h4,10H,3,5-9H2,1-2H3. The molecule has 1 aromatic rings. The number of esters is 1. The Morgan fingerprint density at radius 1 is 1.30 bits per heavy atom. The van der Waals surface area contributed by atoms with Gasteiger partial charge < -0.3 is 14.1 Å². The first kappa shape index (κ1) is 14.6. The Hall–Kier alpha value is -1.82. The number of rotatable bonds is 4. The molecule has 2 heterocycles. The SMILES string of the molecule is COC(=O)CCN1CCN(C(=O)c2occc2C)CC1. The van der Waals surface area contributed by atoms with Crippen LogP contribution in [0.25, 0.3) is 0 Å². The van der Waals surface area contributed by atoms with E-state index >= 15 is 0 Å². The van der Waals surface area contributed by atoms with Gasteiger partial charge in [-0.1, -0.05) is 0 Å². The fourth-order valence-corrected chi connectivity index (χ4v) is 2.26. The zero-order valence-corrected chi connectivity index (χ0v) is 11.9. The van der Waals surface area contributed by atoms with Crippen LogP contribution in [0, 0.1) is 6.92 Å². The van der Waals surface area contributed by atoms with Gasteiger partial charge in [-0.05, 0) is 13.0 Å². The second-order valence-electron chi connectivity index (χ2n) is 4.89. The van der Waals surface area contributed by atoms with E-state index in [0.29, 0.717) is 31.8 Å². The summed E-state index contributed by atoms with van der Waals surface area (Å²) in [6, 6.07) is 1.79. The smallest absolute Gasteiger partial charge is 0.306 e. The first-order chi connectivity index (χ1) is 9.61. The largest absolute Gasteiger partial charge is 0.469 e. The Morgan fingerprint density at radius 3 is 2.55 bits per heavy atom. The first-order valence-electron chi connectivity index (χ1n) is 6.74. The van der Waals surface area contributed by atoms with Crippen molar-refractivity contribution in [3.63, 3.8) is 0 Å². The van der Waals surface area contributed by atoms with Crippen molar-refractivity contribution in [2.24, 2.45) is 0 Å². The van der Waals surface area contributed by atoms with E-state index in [4.69, 9.17) is 4.42 Å². The number of methoxy groups -OCH3 is 1. The molecule has 0 atom stereocenters. The Bertz CT molecular complexity index is 475. The lowest BCUT2D eigenvalue weighted by Crippen LogP contribution is -2.49. The minimum absolute atomic E-state index is 0.0554. The zero-order valence-electron chi connectivity index (χ0n) is 11.9. The second-order valence-corrected chi connectivity index (χ2v) is 4.89. The fraction of sp³-hybridized carbons (Fsp3) is 0.571. The highest BCUT2D eigenvalue weighted by atomic mass is 16.5. The number of carbonyl (C=O) groups excluding carboxylic acids is 2. The summed E-state index contributed by atoms with van der Waals surface area (Å²) in [5.41, 5.74) is 0.864. The van der Waals surface area contributed by atoms with Gasteiger partial charge in [-0.25, -0.2) is 0 Å². The molecule has 1 saturated heterocycles. The Morgan fingerprint density at radius 2 is 2.00 bits per heavy atom. The van der Waals surface area contributed by atoms with Crippen LogP contribution in [0.4, 0.5) is 0 Å². The predicted molar refractivity (Wildman–Crippen MR) is 72.4 cm³/mol. The summed E-state index contributed by atoms with van der Waals surface area (Å²) in [5, 5.41) is 0. The molecule has 20 heavy (non-hydrogen) atoms. The van der Waals surface area contributed by atoms with E-state index in [0.717, 1.165) is 18.7 Å². The van der Waals surface area contributed by atoms with Crippen LogP contribution in [0.5, 0.6) is 0 Å². The number of ether oxygens (including phenoxy) is 1. The molecular formula is C14H20N2O4. The lowest BCUT2D eigenvalue weighted by Gasteiger charge is -2.34. The summed E-state index contributed by atoms with van der Waals surface area (Å²) >= 11 is 0. The molecule has 2 rings (SSSR count). The third-order valence-electron chi connectivity index (χ3n) is 3.58. The number of furan rings is 1. The van der Waals surface area contributed by atoms with E-state index in [1.165, 1.54) is 13.4 Å². The third kappa shape index (κ3) is 3.39. The van der Waals surface area contributed by atoms with E-state index in [2.05, 4.69) is 9.64 Å². The van der Waals surface area contributed by atoms with Crippen molar-refractivity contribution in [2.75, 3.05) is 39.8 Å². The van der Waals surface area contributed by atoms with Gasteiger partial charge in [0.15, 0.2) is 5.76 Å². The highest BCUT2D eigenvalue weighted by molar-refractivity contribution is 5.92. The van der Waals surface area contributed by atoms with Crippen LogP contribution in [0.15, 0.2) is 16.7 Å². The number of hydrogen-bond donors (Lipinski definition) is 0. The van der Waals surface area contributed by atoms with Gasteiger partial charge >= 0.3 is 5.97 Å². The van der Waals surface area contributed by atoms with Crippen LogP contribution in [0.2, 0.25) is 0 Å². The summed E-state index contributed by atoms with van der Waals surface area (Å²) in [6.07, 6.45) is 1.93. The van der Waals surface area contributed by atoms with Crippen molar-refractivity contribution in [1.82, 2.24) is 9.80 Å². The summed E-state index contributed by atoms with van der Waals surface area (Å²) in [5.74, 6) is 0.169. The maximum atomic E-state index is 12.2. The van der Waals surface area contributed by atoms with E-state index < -0.39 is 0 Å². The van der Waals surface area contributed by atoms with E-state index in [-0.39, 0.29) is 11.9 Å². The lowest BCUT2D eigenvalue weighted by molar-refractivity contribution is -0.141. The fourth-order valence-electron chi connectivity index (χ4n) is 2.26. The van der Waals surface area contributed by atoms with E-state index in [1.54, 1.807) is 11.0 Å². The third-order valence-corrected chi connectivity index (χ3v) is 3.58. The molecule has 0 bridgehead atoms. The number of piperazine rings is 1. The van der Waals surface area contributed by atoms with Gasteiger partial charge in [0.25, 0.3) is 5.91 Å². The summed E-state index contributed by atoms with van der Waals surface area (Å²) in [4.78, 5) is 27.3. The molecule has 1 aliphatic heterocycles. The van der Waals surface area contributed by atoms with Crippen molar-refractivity contribution in [1.29, 1.82) is 0 Å². The highest BCUT2D eigenvalue weighted by Crippen LogP contribution is 2.14. The maximum Gasteiger partial charge on any atom is 0.306 e. The highest BCUT2D eigenvalue weighted by Gasteiger charge is 2.25. The van der Waals surface area contributed by atoms with Gasteiger partial charge in [0, 0.05) is 38.3 Å². The molecule has 0 N–H and O–H groups in total. The van der Waals surface area contributed by atoms with Crippen molar-refractivity contribution >= 4 is 11.9 Å². The molecule has 110 valence electrons. The molecule has 0 saturated carbocycles. The normalized spacial score (nSPS) is 16.2. The van der Waals surface area contributed by atoms with Crippen LogP contribution >= 0.6 is 0 Å². The number of aryl methyl sites for hydroxylation is 1. The molecule has 0 aliphatic carbocycles. The minimum Gasteiger partial charge on any atom is -0.469 e. The number of carbonyl (C=O) groups is 2. The van der Waals surface area contributed by atoms with Crippen molar-refractivity contribution in [3.05, 3.63) is 23.7 Å². The zero-order chi connectivity index (χ0) is 14.5. The van der Waals surface area contributed by atoms with Crippen LogP contribution < -0.4 is 0 Å². The average molecular weight is 280 g/mol. The molecule has 6 heteroatoms. The van der Waals surface area contributed by atoms with Gasteiger partial charge in [0.2, 0.25) is 0 Å². The van der Waals surface area contributed by atoms with Crippen LogP contribution in [-0.4, -0.2) is 61.5 Å². The Kier molecular flexibility index (Phi) is 4.79. The molecule has 6 nitrogen and oxygen atoms in total. The van der Waals surface area contributed by atoms with E-state index in [9.17, 15) is 9.59 Å². The number of amides is 1. The summed E-state index contributed by atoms with van der Waals surface area (Å²) in [6.45, 7) is 5.38. The molecule has 0 spiro atoms. The van der Waals surface area contributed by atoms with Gasteiger partial charge in [0.1, 0.15) is 0 Å². The minimum atomic E-state index is -0.199. The molecule has 0 unspecified atom stereocenters. The van der Waals surface area contributed by atoms with Crippen molar-refractivity contribution in [2.45, 2.75) is 13.3 Å². The quantitative estimate of drug-likeness (QED) is 0.767. The maximum absolute atomic E-state index is 12.2. The average Bonchev–Trinajstić information content (AvgIpc) is 2.90. The van der Waals surface area contributed by atoms with Crippen molar-refractivity contribution < 1.29 is 18.7 Å². The molecule has 1 amide bonds. The number of hydrogen-bond acceptors (Lipinski definition) is 5. The monoisotopic (exact) mass is 280 g/mol.